The fraction of sp³-hybridized carbons (Fsp3) is 0.310. The van der Waals surface area contributed by atoms with Gasteiger partial charge in [0.1, 0.15) is 12.4 Å². The molecule has 2 aliphatic rings. The summed E-state index contributed by atoms with van der Waals surface area (Å²) in [5, 5.41) is 0.826. The third kappa shape index (κ3) is 6.06. The molecule has 0 N–H and O–H groups in total. The first-order valence-electron chi connectivity index (χ1n) is 12.8. The van der Waals surface area contributed by atoms with Crippen molar-refractivity contribution in [1.29, 1.82) is 0 Å². The summed E-state index contributed by atoms with van der Waals surface area (Å²) >= 11 is 12.6. The zero-order valence-electron chi connectivity index (χ0n) is 22.0. The van der Waals surface area contributed by atoms with Crippen molar-refractivity contribution in [1.82, 2.24) is 4.90 Å². The van der Waals surface area contributed by atoms with E-state index in [1.54, 1.807) is 24.3 Å². The molecule has 1 fully saturated rings. The minimum Gasteiger partial charge on any atom is -0.460 e. The van der Waals surface area contributed by atoms with Crippen LogP contribution in [0.15, 0.2) is 65.6 Å². The van der Waals surface area contributed by atoms with Crippen LogP contribution in [0.1, 0.15) is 29.8 Å². The van der Waals surface area contributed by atoms with E-state index in [0.717, 1.165) is 11.3 Å². The Kier molecular flexibility index (Phi) is 8.54. The zero-order chi connectivity index (χ0) is 28.4. The van der Waals surface area contributed by atoms with Gasteiger partial charge in [0, 0.05) is 41.4 Å². The van der Waals surface area contributed by atoms with Gasteiger partial charge in [0.2, 0.25) is 6.79 Å². The SMILES string of the molecule is C[C@H]1[C@H](C)N(c2cccc(Cl)c2)CCN1C(=O)c1ccc(S(=O)CC(=O)OCc2ccc3c(c2)OCO3)c(Cl)c1. The molecular formula is C29H28Cl2N2O6S. The maximum absolute atomic E-state index is 13.4. The van der Waals surface area contributed by atoms with E-state index in [4.69, 9.17) is 37.4 Å². The number of esters is 1. The molecule has 11 heteroatoms. The summed E-state index contributed by atoms with van der Waals surface area (Å²) in [6.07, 6.45) is 0. The predicted molar refractivity (Wildman–Crippen MR) is 154 cm³/mol. The summed E-state index contributed by atoms with van der Waals surface area (Å²) in [5.74, 6) is 0.0689. The van der Waals surface area contributed by atoms with Crippen molar-refractivity contribution in [3.8, 4) is 11.5 Å². The molecule has 1 saturated heterocycles. The van der Waals surface area contributed by atoms with Crippen LogP contribution in [0.4, 0.5) is 5.69 Å². The zero-order valence-corrected chi connectivity index (χ0v) is 24.3. The summed E-state index contributed by atoms with van der Waals surface area (Å²) in [6, 6.07) is 17.6. The van der Waals surface area contributed by atoms with Crippen LogP contribution in [-0.2, 0) is 26.9 Å². The highest BCUT2D eigenvalue weighted by Gasteiger charge is 2.34. The highest BCUT2D eigenvalue weighted by Crippen LogP contribution is 2.33. The molecule has 1 unspecified atom stereocenters. The fourth-order valence-corrected chi connectivity index (χ4v) is 6.43. The number of carbonyl (C=O) groups is 2. The average molecular weight is 604 g/mol. The van der Waals surface area contributed by atoms with Gasteiger partial charge in [0.05, 0.1) is 20.7 Å². The number of hydrogen-bond acceptors (Lipinski definition) is 7. The van der Waals surface area contributed by atoms with Gasteiger partial charge in [-0.3, -0.25) is 13.8 Å². The largest absolute Gasteiger partial charge is 0.460 e. The summed E-state index contributed by atoms with van der Waals surface area (Å²) in [7, 11) is -1.74. The van der Waals surface area contributed by atoms with Gasteiger partial charge >= 0.3 is 5.97 Å². The molecule has 0 aromatic heterocycles. The molecule has 0 aliphatic carbocycles. The van der Waals surface area contributed by atoms with Crippen molar-refractivity contribution in [2.75, 3.05) is 30.5 Å². The van der Waals surface area contributed by atoms with Crippen LogP contribution in [0.2, 0.25) is 10.0 Å². The topological polar surface area (TPSA) is 85.4 Å². The molecule has 1 amide bonds. The number of ether oxygens (including phenoxy) is 3. The fourth-order valence-electron chi connectivity index (χ4n) is 4.85. The van der Waals surface area contributed by atoms with Gasteiger partial charge < -0.3 is 24.0 Å². The van der Waals surface area contributed by atoms with Crippen molar-refractivity contribution >= 4 is 51.6 Å². The number of halogens is 2. The van der Waals surface area contributed by atoms with E-state index in [1.807, 2.05) is 36.1 Å². The van der Waals surface area contributed by atoms with Crippen molar-refractivity contribution in [3.63, 3.8) is 0 Å². The Morgan fingerprint density at radius 2 is 1.77 bits per heavy atom. The van der Waals surface area contributed by atoms with Gasteiger partial charge in [0.25, 0.3) is 5.91 Å². The Morgan fingerprint density at radius 3 is 2.55 bits per heavy atom. The number of hydrogen-bond donors (Lipinski definition) is 0. The van der Waals surface area contributed by atoms with Crippen LogP contribution in [-0.4, -0.2) is 58.7 Å². The Bertz CT molecular complexity index is 1470. The molecule has 0 saturated carbocycles. The lowest BCUT2D eigenvalue weighted by atomic mass is 10.0. The molecule has 0 bridgehead atoms. The van der Waals surface area contributed by atoms with Gasteiger partial charge in [-0.1, -0.05) is 35.3 Å². The van der Waals surface area contributed by atoms with E-state index < -0.39 is 16.8 Å². The number of benzene rings is 3. The molecule has 3 aromatic rings. The molecule has 210 valence electrons. The molecule has 3 atom stereocenters. The standard InChI is InChI=1S/C29H28Cl2N2O6S/c1-18-19(2)33(11-10-32(18)23-5-3-4-22(30)14-23)29(35)21-7-9-27(24(31)13-21)40(36)16-28(34)37-15-20-6-8-25-26(12-20)39-17-38-25/h3-9,12-14,18-19H,10-11,15-17H2,1-2H3/t18-,19-,40?/m0/s1. The average Bonchev–Trinajstić information content (AvgIpc) is 3.41. The minimum atomic E-state index is -1.74. The van der Waals surface area contributed by atoms with Crippen LogP contribution in [0, 0.1) is 0 Å². The number of piperazine rings is 1. The van der Waals surface area contributed by atoms with E-state index in [-0.39, 0.29) is 47.1 Å². The lowest BCUT2D eigenvalue weighted by molar-refractivity contribution is -0.141. The van der Waals surface area contributed by atoms with Gasteiger partial charge in [0.15, 0.2) is 11.5 Å². The van der Waals surface area contributed by atoms with E-state index in [9.17, 15) is 13.8 Å². The molecule has 2 aliphatic heterocycles. The second-order valence-electron chi connectivity index (χ2n) is 9.64. The van der Waals surface area contributed by atoms with Crippen molar-refractivity contribution in [2.45, 2.75) is 37.4 Å². The Labute approximate surface area is 245 Å². The van der Waals surface area contributed by atoms with E-state index in [2.05, 4.69) is 11.8 Å². The molecule has 2 heterocycles. The number of carbonyl (C=O) groups excluding carboxylic acids is 2. The molecule has 3 aromatic carbocycles. The lowest BCUT2D eigenvalue weighted by Crippen LogP contribution is -2.59. The van der Waals surface area contributed by atoms with Gasteiger partial charge in [-0.15, -0.1) is 0 Å². The maximum atomic E-state index is 13.4. The molecular weight excluding hydrogens is 575 g/mol. The van der Waals surface area contributed by atoms with Crippen LogP contribution < -0.4 is 14.4 Å². The van der Waals surface area contributed by atoms with E-state index in [0.29, 0.717) is 35.2 Å². The summed E-state index contributed by atoms with van der Waals surface area (Å²) in [6.45, 7) is 5.44. The Balaban J connectivity index is 1.18. The van der Waals surface area contributed by atoms with E-state index in [1.165, 1.54) is 12.1 Å². The third-order valence-corrected chi connectivity index (χ3v) is 9.18. The van der Waals surface area contributed by atoms with Crippen LogP contribution in [0.25, 0.3) is 0 Å². The second kappa shape index (κ2) is 12.1. The summed E-state index contributed by atoms with van der Waals surface area (Å²) in [5.41, 5.74) is 2.14. The number of anilines is 1. The quantitative estimate of drug-likeness (QED) is 0.339. The monoisotopic (exact) mass is 602 g/mol. The maximum Gasteiger partial charge on any atom is 0.319 e. The normalized spacial score (nSPS) is 18.9. The first-order chi connectivity index (χ1) is 19.2. The third-order valence-electron chi connectivity index (χ3n) is 7.17. The van der Waals surface area contributed by atoms with E-state index >= 15 is 0 Å². The lowest BCUT2D eigenvalue weighted by Gasteiger charge is -2.46. The number of fused-ring (bicyclic) bond motifs is 1. The number of rotatable bonds is 7. The summed E-state index contributed by atoms with van der Waals surface area (Å²) in [4.78, 5) is 30.1. The van der Waals surface area contributed by atoms with Gasteiger partial charge in [-0.05, 0) is 67.9 Å². The first kappa shape index (κ1) is 28.3. The van der Waals surface area contributed by atoms with Crippen LogP contribution in [0.5, 0.6) is 11.5 Å². The van der Waals surface area contributed by atoms with Crippen molar-refractivity contribution in [2.24, 2.45) is 0 Å². The molecule has 5 rings (SSSR count). The van der Waals surface area contributed by atoms with Gasteiger partial charge in [-0.25, -0.2) is 0 Å². The Hall–Kier alpha value is -3.27. The molecule has 0 spiro atoms. The van der Waals surface area contributed by atoms with Gasteiger partial charge in [-0.2, -0.15) is 0 Å². The van der Waals surface area contributed by atoms with Crippen LogP contribution >= 0.6 is 23.2 Å². The van der Waals surface area contributed by atoms with Crippen molar-refractivity contribution in [3.05, 3.63) is 81.8 Å². The number of amides is 1. The number of nitrogens with zero attached hydrogens (tertiary/aromatic N) is 2. The minimum absolute atomic E-state index is 0.00896. The van der Waals surface area contributed by atoms with Crippen molar-refractivity contribution < 1.29 is 28.0 Å². The summed E-state index contributed by atoms with van der Waals surface area (Å²) < 4.78 is 28.8. The smallest absolute Gasteiger partial charge is 0.319 e. The first-order valence-corrected chi connectivity index (χ1v) is 14.8. The molecule has 40 heavy (non-hydrogen) atoms. The highest BCUT2D eigenvalue weighted by atomic mass is 35.5. The second-order valence-corrected chi connectivity index (χ2v) is 11.9. The van der Waals surface area contributed by atoms with Crippen LogP contribution in [0.3, 0.4) is 0 Å². The Morgan fingerprint density at radius 1 is 0.975 bits per heavy atom. The predicted octanol–water partition coefficient (Wildman–Crippen LogP) is 5.31. The molecule has 0 radical (unpaired) electrons. The highest BCUT2D eigenvalue weighted by molar-refractivity contribution is 7.85. The molecule has 8 nitrogen and oxygen atoms in total.